The molecule has 6 nitrogen and oxygen atoms in total. The van der Waals surface area contributed by atoms with Gasteiger partial charge in [0.25, 0.3) is 5.91 Å². The van der Waals surface area contributed by atoms with E-state index in [1.54, 1.807) is 48.5 Å². The highest BCUT2D eigenvalue weighted by molar-refractivity contribution is 6.41. The van der Waals surface area contributed by atoms with Crippen LogP contribution in [-0.2, 0) is 16.0 Å². The lowest BCUT2D eigenvalue weighted by atomic mass is 10.0. The summed E-state index contributed by atoms with van der Waals surface area (Å²) in [5.74, 6) is -1.47. The van der Waals surface area contributed by atoms with Gasteiger partial charge < -0.3 is 5.32 Å². The first-order valence-corrected chi connectivity index (χ1v) is 11.8. The van der Waals surface area contributed by atoms with Gasteiger partial charge in [-0.1, -0.05) is 84.9 Å². The second kappa shape index (κ2) is 10.7. The zero-order valence-corrected chi connectivity index (χ0v) is 19.8. The molecule has 1 heterocycles. The Balaban J connectivity index is 1.30. The molecule has 180 valence electrons. The Morgan fingerprint density at radius 1 is 0.757 bits per heavy atom. The molecule has 0 unspecified atom stereocenters. The van der Waals surface area contributed by atoms with Crippen LogP contribution in [0, 0.1) is 0 Å². The van der Waals surface area contributed by atoms with E-state index >= 15 is 0 Å². The number of amides is 1. The predicted octanol–water partition coefficient (Wildman–Crippen LogP) is 5.71. The fourth-order valence-electron chi connectivity index (χ4n) is 4.02. The molecule has 0 spiro atoms. The number of rotatable bonds is 8. The van der Waals surface area contributed by atoms with Crippen molar-refractivity contribution in [3.05, 3.63) is 131 Å². The van der Waals surface area contributed by atoms with Crippen molar-refractivity contribution in [1.82, 2.24) is 10.2 Å². The van der Waals surface area contributed by atoms with Crippen LogP contribution in [0.15, 0.2) is 103 Å². The van der Waals surface area contributed by atoms with E-state index in [9.17, 15) is 14.4 Å². The molecule has 0 aliphatic heterocycles. The molecular weight excluding hydrogens is 462 g/mol. The molecule has 0 bridgehead atoms. The topological polar surface area (TPSA) is 91.9 Å². The van der Waals surface area contributed by atoms with Gasteiger partial charge in [0.1, 0.15) is 0 Å². The summed E-state index contributed by atoms with van der Waals surface area (Å²) in [7, 11) is 0. The van der Waals surface area contributed by atoms with E-state index < -0.39 is 11.7 Å². The van der Waals surface area contributed by atoms with Crippen LogP contribution >= 0.6 is 0 Å². The van der Waals surface area contributed by atoms with Crippen molar-refractivity contribution in [3.8, 4) is 0 Å². The molecule has 0 fully saturated rings. The molecule has 0 saturated heterocycles. The molecule has 6 heteroatoms. The molecule has 1 aromatic heterocycles. The zero-order valence-electron chi connectivity index (χ0n) is 19.8. The number of aromatic nitrogens is 2. The monoisotopic (exact) mass is 485 g/mol. The lowest BCUT2D eigenvalue weighted by Gasteiger charge is -2.07. The van der Waals surface area contributed by atoms with Crippen LogP contribution in [-0.4, -0.2) is 27.7 Å². The van der Waals surface area contributed by atoms with Gasteiger partial charge in [0.05, 0.1) is 11.2 Å². The molecule has 0 atom stereocenters. The fourth-order valence-corrected chi connectivity index (χ4v) is 4.02. The van der Waals surface area contributed by atoms with E-state index in [4.69, 9.17) is 0 Å². The quantitative estimate of drug-likeness (QED) is 0.217. The first-order valence-electron chi connectivity index (χ1n) is 11.8. The predicted molar refractivity (Wildman–Crippen MR) is 145 cm³/mol. The van der Waals surface area contributed by atoms with Gasteiger partial charge in [-0.2, -0.15) is 5.10 Å². The number of ketones is 2. The summed E-state index contributed by atoms with van der Waals surface area (Å²) in [5, 5.41) is 10.9. The Morgan fingerprint density at radius 2 is 1.49 bits per heavy atom. The van der Waals surface area contributed by atoms with E-state index in [2.05, 4.69) is 15.5 Å². The Hall–Kier alpha value is -5.10. The van der Waals surface area contributed by atoms with E-state index in [-0.39, 0.29) is 12.2 Å². The summed E-state index contributed by atoms with van der Waals surface area (Å²) < 4.78 is 0. The van der Waals surface area contributed by atoms with Gasteiger partial charge in [-0.15, -0.1) is 0 Å². The Kier molecular flexibility index (Phi) is 6.81. The minimum atomic E-state index is -0.719. The molecule has 37 heavy (non-hydrogen) atoms. The Morgan fingerprint density at radius 3 is 2.27 bits per heavy atom. The van der Waals surface area contributed by atoms with Gasteiger partial charge in [0, 0.05) is 28.6 Å². The summed E-state index contributed by atoms with van der Waals surface area (Å²) in [6.07, 6.45) is 3.93. The number of fused-ring (bicyclic) bond motifs is 1. The normalized spacial score (nSPS) is 11.0. The summed E-state index contributed by atoms with van der Waals surface area (Å²) in [6.45, 7) is 0. The number of carbonyl (C=O) groups is 3. The average molecular weight is 486 g/mol. The molecule has 2 N–H and O–H groups in total. The second-order valence-corrected chi connectivity index (χ2v) is 8.56. The van der Waals surface area contributed by atoms with Gasteiger partial charge in [-0.25, -0.2) is 0 Å². The Labute approximate surface area is 213 Å². The minimum absolute atomic E-state index is 0.0119. The fraction of sp³-hybridized carbons (Fsp3) is 0.0323. The lowest BCUT2D eigenvalue weighted by molar-refractivity contribution is -0.134. The van der Waals surface area contributed by atoms with Crippen molar-refractivity contribution >= 4 is 46.2 Å². The van der Waals surface area contributed by atoms with Crippen molar-refractivity contribution in [2.75, 3.05) is 5.32 Å². The largest absolute Gasteiger partial charge is 0.319 e. The van der Waals surface area contributed by atoms with Crippen molar-refractivity contribution in [2.24, 2.45) is 0 Å². The number of nitrogens with one attached hydrogen (secondary N) is 2. The number of H-pyrrole nitrogens is 1. The molecule has 1 amide bonds. The standard InChI is InChI=1S/C31H23N3O3/c35-29(18-22-10-5-2-6-11-22)31(37)32-25-13-7-12-23(19-25)30(36)24-15-16-26-27(33-34-28(26)20-24)17-14-21-8-3-1-4-9-21/h1-17,19-20H,18H2,(H,32,37)(H,33,34)/b17-14+. The summed E-state index contributed by atoms with van der Waals surface area (Å²) in [4.78, 5) is 37.9. The van der Waals surface area contributed by atoms with E-state index in [1.807, 2.05) is 66.7 Å². The number of carbonyl (C=O) groups excluding carboxylic acids is 3. The summed E-state index contributed by atoms with van der Waals surface area (Å²) in [6, 6.07) is 31.0. The van der Waals surface area contributed by atoms with Crippen LogP contribution in [0.25, 0.3) is 23.1 Å². The van der Waals surface area contributed by atoms with Crippen LogP contribution in [0.1, 0.15) is 32.7 Å². The molecule has 0 saturated carbocycles. The summed E-state index contributed by atoms with van der Waals surface area (Å²) in [5.41, 5.74) is 4.62. The maximum Gasteiger partial charge on any atom is 0.292 e. The maximum atomic E-state index is 13.2. The van der Waals surface area contributed by atoms with Crippen LogP contribution in [0.5, 0.6) is 0 Å². The van der Waals surface area contributed by atoms with Crippen LogP contribution in [0.3, 0.4) is 0 Å². The third-order valence-corrected chi connectivity index (χ3v) is 5.93. The summed E-state index contributed by atoms with van der Waals surface area (Å²) >= 11 is 0. The SMILES string of the molecule is O=C(Cc1ccccc1)C(=O)Nc1cccc(C(=O)c2ccc3c(/C=C/c4ccccc4)n[nH]c3c2)c1. The van der Waals surface area contributed by atoms with E-state index in [0.29, 0.717) is 16.8 Å². The highest BCUT2D eigenvalue weighted by atomic mass is 16.2. The number of nitrogens with zero attached hydrogens (tertiary/aromatic N) is 1. The van der Waals surface area contributed by atoms with Gasteiger partial charge >= 0.3 is 0 Å². The number of anilines is 1. The molecule has 5 rings (SSSR count). The first kappa shape index (κ1) is 23.6. The highest BCUT2D eigenvalue weighted by Gasteiger charge is 2.16. The van der Waals surface area contributed by atoms with E-state index in [0.717, 1.165) is 27.7 Å². The van der Waals surface area contributed by atoms with Crippen LogP contribution in [0.4, 0.5) is 5.69 Å². The van der Waals surface area contributed by atoms with Crippen LogP contribution in [0.2, 0.25) is 0 Å². The molecule has 0 aliphatic carbocycles. The van der Waals surface area contributed by atoms with Crippen molar-refractivity contribution in [1.29, 1.82) is 0 Å². The Bertz CT molecular complexity index is 1620. The molecule has 4 aromatic carbocycles. The smallest absolute Gasteiger partial charge is 0.292 e. The number of benzene rings is 4. The zero-order chi connectivity index (χ0) is 25.6. The van der Waals surface area contributed by atoms with Crippen molar-refractivity contribution in [2.45, 2.75) is 6.42 Å². The van der Waals surface area contributed by atoms with Crippen LogP contribution < -0.4 is 5.32 Å². The van der Waals surface area contributed by atoms with Crippen molar-refractivity contribution in [3.63, 3.8) is 0 Å². The number of hydrogen-bond acceptors (Lipinski definition) is 4. The lowest BCUT2D eigenvalue weighted by Crippen LogP contribution is -2.24. The number of aromatic amines is 1. The third-order valence-electron chi connectivity index (χ3n) is 5.93. The molecule has 0 radical (unpaired) electrons. The maximum absolute atomic E-state index is 13.2. The van der Waals surface area contributed by atoms with Gasteiger partial charge in [-0.05, 0) is 41.5 Å². The van der Waals surface area contributed by atoms with Gasteiger partial charge in [0.2, 0.25) is 5.78 Å². The molecule has 5 aromatic rings. The van der Waals surface area contributed by atoms with Gasteiger partial charge in [-0.3, -0.25) is 19.5 Å². The second-order valence-electron chi connectivity index (χ2n) is 8.56. The van der Waals surface area contributed by atoms with E-state index in [1.165, 1.54) is 0 Å². The minimum Gasteiger partial charge on any atom is -0.319 e. The molecular formula is C31H23N3O3. The number of Topliss-reactive ketones (excluding diaryl/α,β-unsaturated/α-hetero) is 1. The average Bonchev–Trinajstić information content (AvgIpc) is 3.35. The van der Waals surface area contributed by atoms with Crippen molar-refractivity contribution < 1.29 is 14.4 Å². The van der Waals surface area contributed by atoms with Gasteiger partial charge in [0.15, 0.2) is 5.78 Å². The third kappa shape index (κ3) is 5.60. The highest BCUT2D eigenvalue weighted by Crippen LogP contribution is 2.22. The molecule has 0 aliphatic rings. The first-order chi connectivity index (χ1) is 18.1. The number of hydrogen-bond donors (Lipinski definition) is 2.